The Morgan fingerprint density at radius 1 is 0.920 bits per heavy atom. The highest BCUT2D eigenvalue weighted by Gasteiger charge is 2.19. The summed E-state index contributed by atoms with van der Waals surface area (Å²) in [5.41, 5.74) is 1.45. The lowest BCUT2D eigenvalue weighted by molar-refractivity contribution is 0.0431. The van der Waals surface area contributed by atoms with Gasteiger partial charge in [-0.15, -0.1) is 0 Å². The van der Waals surface area contributed by atoms with Crippen LogP contribution in [-0.4, -0.2) is 25.2 Å². The van der Waals surface area contributed by atoms with Crippen molar-refractivity contribution in [2.24, 2.45) is 5.92 Å². The summed E-state index contributed by atoms with van der Waals surface area (Å²) in [7, 11) is 0. The number of ether oxygens (including phenoxy) is 2. The average molecular weight is 361 g/mol. The standard InChI is InChI=1S/C20H21ClO4/c1-14(2)13-25-20(23)18-6-4-3-5-17(18)19(22)24-12-11-15-7-9-16(21)10-8-15/h3-10,14H,11-13H2,1-2H3. The van der Waals surface area contributed by atoms with Gasteiger partial charge < -0.3 is 9.47 Å². The zero-order chi connectivity index (χ0) is 18.2. The minimum atomic E-state index is -0.536. The van der Waals surface area contributed by atoms with Gasteiger partial charge in [0.05, 0.1) is 24.3 Å². The molecule has 0 saturated heterocycles. The monoisotopic (exact) mass is 360 g/mol. The molecule has 0 saturated carbocycles. The summed E-state index contributed by atoms with van der Waals surface area (Å²) < 4.78 is 10.5. The van der Waals surface area contributed by atoms with Gasteiger partial charge in [-0.05, 0) is 35.7 Å². The number of esters is 2. The van der Waals surface area contributed by atoms with Gasteiger partial charge in [0.1, 0.15) is 0 Å². The minimum absolute atomic E-state index is 0.215. The van der Waals surface area contributed by atoms with Gasteiger partial charge >= 0.3 is 11.9 Å². The second-order valence-electron chi connectivity index (χ2n) is 6.05. The maximum Gasteiger partial charge on any atom is 0.339 e. The van der Waals surface area contributed by atoms with Crippen LogP contribution < -0.4 is 0 Å². The largest absolute Gasteiger partial charge is 0.462 e. The van der Waals surface area contributed by atoms with Crippen LogP contribution in [0.25, 0.3) is 0 Å². The summed E-state index contributed by atoms with van der Waals surface area (Å²) >= 11 is 5.84. The molecule has 0 atom stereocenters. The van der Waals surface area contributed by atoms with Crippen molar-refractivity contribution in [1.82, 2.24) is 0 Å². The molecule has 5 heteroatoms. The lowest BCUT2D eigenvalue weighted by Crippen LogP contribution is -2.16. The van der Waals surface area contributed by atoms with Crippen molar-refractivity contribution in [3.8, 4) is 0 Å². The van der Waals surface area contributed by atoms with Gasteiger partial charge in [0.2, 0.25) is 0 Å². The Morgan fingerprint density at radius 2 is 1.48 bits per heavy atom. The van der Waals surface area contributed by atoms with Gasteiger partial charge in [0.25, 0.3) is 0 Å². The van der Waals surface area contributed by atoms with Crippen LogP contribution in [0.1, 0.15) is 40.1 Å². The van der Waals surface area contributed by atoms with Crippen molar-refractivity contribution in [3.63, 3.8) is 0 Å². The molecule has 0 radical (unpaired) electrons. The van der Waals surface area contributed by atoms with Crippen LogP contribution in [0.2, 0.25) is 5.02 Å². The molecular weight excluding hydrogens is 340 g/mol. The van der Waals surface area contributed by atoms with Crippen LogP contribution in [0.3, 0.4) is 0 Å². The molecule has 0 heterocycles. The minimum Gasteiger partial charge on any atom is -0.462 e. The smallest absolute Gasteiger partial charge is 0.339 e. The Kier molecular flexibility index (Phi) is 7.02. The van der Waals surface area contributed by atoms with Gasteiger partial charge in [-0.3, -0.25) is 0 Å². The number of hydrogen-bond donors (Lipinski definition) is 0. The van der Waals surface area contributed by atoms with E-state index in [2.05, 4.69) is 0 Å². The van der Waals surface area contributed by atoms with Gasteiger partial charge in [-0.2, -0.15) is 0 Å². The van der Waals surface area contributed by atoms with E-state index in [9.17, 15) is 9.59 Å². The first-order valence-electron chi connectivity index (χ1n) is 8.15. The van der Waals surface area contributed by atoms with E-state index in [0.29, 0.717) is 18.1 Å². The molecule has 0 N–H and O–H groups in total. The van der Waals surface area contributed by atoms with Gasteiger partial charge in [-0.25, -0.2) is 9.59 Å². The van der Waals surface area contributed by atoms with Gasteiger partial charge in [-0.1, -0.05) is 49.7 Å². The molecule has 0 fully saturated rings. The lowest BCUT2D eigenvalue weighted by Gasteiger charge is -2.11. The Bertz CT molecular complexity index is 723. The van der Waals surface area contributed by atoms with Crippen molar-refractivity contribution < 1.29 is 19.1 Å². The first-order valence-corrected chi connectivity index (χ1v) is 8.53. The van der Waals surface area contributed by atoms with E-state index in [-0.39, 0.29) is 23.7 Å². The number of carbonyl (C=O) groups is 2. The molecule has 0 aromatic heterocycles. The summed E-state index contributed by atoms with van der Waals surface area (Å²) in [5, 5.41) is 0.662. The Morgan fingerprint density at radius 3 is 2.04 bits per heavy atom. The molecule has 0 bridgehead atoms. The predicted octanol–water partition coefficient (Wildman–Crippen LogP) is 4.55. The third kappa shape index (κ3) is 5.91. The molecular formula is C20H21ClO4. The fraction of sp³-hybridized carbons (Fsp3) is 0.300. The summed E-state index contributed by atoms with van der Waals surface area (Å²) in [6, 6.07) is 13.9. The van der Waals surface area contributed by atoms with Crippen molar-refractivity contribution in [1.29, 1.82) is 0 Å². The van der Waals surface area contributed by atoms with Crippen LogP contribution in [0.4, 0.5) is 0 Å². The average Bonchev–Trinajstić information content (AvgIpc) is 2.61. The first-order chi connectivity index (χ1) is 12.0. The molecule has 2 aromatic rings. The second-order valence-corrected chi connectivity index (χ2v) is 6.49. The fourth-order valence-corrected chi connectivity index (χ4v) is 2.28. The molecule has 0 aliphatic carbocycles. The number of rotatable bonds is 7. The second kappa shape index (κ2) is 9.23. The topological polar surface area (TPSA) is 52.6 Å². The normalized spacial score (nSPS) is 10.6. The number of halogens is 1. The fourth-order valence-electron chi connectivity index (χ4n) is 2.15. The van der Waals surface area contributed by atoms with Crippen molar-refractivity contribution in [2.75, 3.05) is 13.2 Å². The first kappa shape index (κ1) is 19.0. The molecule has 2 rings (SSSR count). The number of hydrogen-bond acceptors (Lipinski definition) is 4. The molecule has 0 aliphatic rings. The van der Waals surface area contributed by atoms with Crippen LogP contribution in [-0.2, 0) is 15.9 Å². The summed E-state index contributed by atoms with van der Waals surface area (Å²) in [6.07, 6.45) is 0.572. The molecule has 2 aromatic carbocycles. The van der Waals surface area contributed by atoms with Crippen LogP contribution in [0.5, 0.6) is 0 Å². The van der Waals surface area contributed by atoms with Crippen LogP contribution in [0, 0.1) is 5.92 Å². The Labute approximate surface area is 152 Å². The zero-order valence-corrected chi connectivity index (χ0v) is 15.1. The third-order valence-electron chi connectivity index (χ3n) is 3.45. The van der Waals surface area contributed by atoms with Crippen molar-refractivity contribution in [2.45, 2.75) is 20.3 Å². The van der Waals surface area contributed by atoms with Gasteiger partial charge in [0, 0.05) is 11.4 Å². The molecule has 0 spiro atoms. The van der Waals surface area contributed by atoms with Gasteiger partial charge in [0.15, 0.2) is 0 Å². The highest BCUT2D eigenvalue weighted by atomic mass is 35.5. The quantitative estimate of drug-likeness (QED) is 0.679. The number of benzene rings is 2. The van der Waals surface area contributed by atoms with E-state index < -0.39 is 11.9 Å². The molecule has 25 heavy (non-hydrogen) atoms. The lowest BCUT2D eigenvalue weighted by atomic mass is 10.1. The van der Waals surface area contributed by atoms with E-state index in [1.54, 1.807) is 36.4 Å². The summed E-state index contributed by atoms with van der Waals surface area (Å²) in [4.78, 5) is 24.5. The van der Waals surface area contributed by atoms with E-state index in [1.807, 2.05) is 26.0 Å². The molecule has 4 nitrogen and oxygen atoms in total. The highest BCUT2D eigenvalue weighted by molar-refractivity contribution is 6.30. The van der Waals surface area contributed by atoms with Crippen molar-refractivity contribution >= 4 is 23.5 Å². The molecule has 0 amide bonds. The van der Waals surface area contributed by atoms with E-state index in [1.165, 1.54) is 0 Å². The SMILES string of the molecule is CC(C)COC(=O)c1ccccc1C(=O)OCCc1ccc(Cl)cc1. The Hall–Kier alpha value is -2.33. The van der Waals surface area contributed by atoms with Crippen molar-refractivity contribution in [3.05, 3.63) is 70.2 Å². The highest BCUT2D eigenvalue weighted by Crippen LogP contribution is 2.14. The van der Waals surface area contributed by atoms with E-state index in [4.69, 9.17) is 21.1 Å². The predicted molar refractivity (Wildman–Crippen MR) is 97.0 cm³/mol. The van der Waals surface area contributed by atoms with Crippen LogP contribution in [0.15, 0.2) is 48.5 Å². The maximum absolute atomic E-state index is 12.3. The van der Waals surface area contributed by atoms with E-state index >= 15 is 0 Å². The summed E-state index contributed by atoms with van der Waals surface area (Å²) in [6.45, 7) is 4.42. The molecule has 132 valence electrons. The Balaban J connectivity index is 1.96. The molecule has 0 aliphatic heterocycles. The zero-order valence-electron chi connectivity index (χ0n) is 14.3. The maximum atomic E-state index is 12.3. The number of carbonyl (C=O) groups excluding carboxylic acids is 2. The summed E-state index contributed by atoms with van der Waals surface area (Å²) in [5.74, 6) is -0.826. The van der Waals surface area contributed by atoms with Crippen LogP contribution >= 0.6 is 11.6 Å². The third-order valence-corrected chi connectivity index (χ3v) is 3.70. The molecule has 0 unspecified atom stereocenters. The van der Waals surface area contributed by atoms with E-state index in [0.717, 1.165) is 5.56 Å².